The summed E-state index contributed by atoms with van der Waals surface area (Å²) in [6.45, 7) is 0. The Bertz CT molecular complexity index is 1260. The van der Waals surface area contributed by atoms with Crippen molar-refractivity contribution < 1.29 is 26.3 Å². The summed E-state index contributed by atoms with van der Waals surface area (Å²) < 4.78 is 78.8. The lowest BCUT2D eigenvalue weighted by Crippen LogP contribution is -2.10. The number of hydrogen-bond donors (Lipinski definition) is 0. The topological polar surface area (TPSA) is 51.6 Å². The fourth-order valence-corrected chi connectivity index (χ4v) is 5.45. The molecule has 1 aromatic carbocycles. The first-order valence-corrected chi connectivity index (χ1v) is 12.0. The summed E-state index contributed by atoms with van der Waals surface area (Å²) >= 11 is 3.18. The number of pyridine rings is 1. The standard InChI is InChI=1S/C21H12F6N4S3/c22-20(23,24)14-3-1-12(2-4-14)11-32-18-30-16(21(25,26)27)9-17(31-18)34-19-29-10-15(33-19)13-5-7-28-8-6-13/h1-10H,11H2. The van der Waals surface area contributed by atoms with Crippen LogP contribution in [0.15, 0.2) is 75.6 Å². The Balaban J connectivity index is 1.53. The molecule has 0 bridgehead atoms. The first kappa shape index (κ1) is 24.5. The number of hydrogen-bond acceptors (Lipinski definition) is 7. The van der Waals surface area contributed by atoms with Crippen molar-refractivity contribution in [2.75, 3.05) is 0 Å². The lowest BCUT2D eigenvalue weighted by Gasteiger charge is -2.10. The zero-order chi connectivity index (χ0) is 24.3. The average molecular weight is 531 g/mol. The van der Waals surface area contributed by atoms with E-state index in [0.717, 1.165) is 52.2 Å². The number of aromatic nitrogens is 4. The molecule has 0 radical (unpaired) electrons. The number of thioether (sulfide) groups is 1. The molecule has 0 atom stereocenters. The van der Waals surface area contributed by atoms with Gasteiger partial charge < -0.3 is 0 Å². The van der Waals surface area contributed by atoms with Crippen LogP contribution in [0.25, 0.3) is 10.4 Å². The highest BCUT2D eigenvalue weighted by atomic mass is 32.2. The third kappa shape index (κ3) is 6.27. The highest BCUT2D eigenvalue weighted by Gasteiger charge is 2.34. The van der Waals surface area contributed by atoms with Crippen LogP contribution >= 0.6 is 34.9 Å². The molecule has 0 spiro atoms. The van der Waals surface area contributed by atoms with Gasteiger partial charge in [0, 0.05) is 30.4 Å². The molecule has 13 heteroatoms. The van der Waals surface area contributed by atoms with E-state index in [1.165, 1.54) is 23.5 Å². The Morgan fingerprint density at radius 2 is 1.56 bits per heavy atom. The van der Waals surface area contributed by atoms with Crippen LogP contribution < -0.4 is 0 Å². The average Bonchev–Trinajstić information content (AvgIpc) is 3.26. The van der Waals surface area contributed by atoms with E-state index < -0.39 is 23.6 Å². The smallest absolute Gasteiger partial charge is 0.265 e. The maximum absolute atomic E-state index is 13.4. The zero-order valence-corrected chi connectivity index (χ0v) is 19.2. The highest BCUT2D eigenvalue weighted by molar-refractivity contribution is 8.01. The molecule has 0 saturated heterocycles. The molecule has 4 nitrogen and oxygen atoms in total. The monoisotopic (exact) mass is 530 g/mol. The third-order valence-electron chi connectivity index (χ3n) is 4.26. The summed E-state index contributed by atoms with van der Waals surface area (Å²) in [6, 6.07) is 8.83. The van der Waals surface area contributed by atoms with Gasteiger partial charge in [-0.05, 0) is 47.2 Å². The van der Waals surface area contributed by atoms with Gasteiger partial charge >= 0.3 is 12.4 Å². The summed E-state index contributed by atoms with van der Waals surface area (Å²) in [5.41, 5.74) is -0.531. The maximum atomic E-state index is 13.4. The third-order valence-corrected chi connectivity index (χ3v) is 7.22. The first-order chi connectivity index (χ1) is 16.1. The van der Waals surface area contributed by atoms with E-state index in [1.807, 2.05) is 0 Å². The quantitative estimate of drug-likeness (QED) is 0.112. The van der Waals surface area contributed by atoms with Crippen LogP contribution in [0.4, 0.5) is 26.3 Å². The number of alkyl halides is 6. The SMILES string of the molecule is FC(F)(F)c1ccc(CSc2nc(Sc3ncc(-c4ccncc4)s3)cc(C(F)(F)F)n2)cc1. The normalized spacial score (nSPS) is 12.2. The number of benzene rings is 1. The minimum absolute atomic E-state index is 0.0628. The van der Waals surface area contributed by atoms with Crippen molar-refractivity contribution in [2.45, 2.75) is 32.6 Å². The van der Waals surface area contributed by atoms with Crippen LogP contribution in [0, 0.1) is 0 Å². The van der Waals surface area contributed by atoms with Crippen molar-refractivity contribution in [1.82, 2.24) is 19.9 Å². The fourth-order valence-electron chi connectivity index (χ4n) is 2.65. The van der Waals surface area contributed by atoms with E-state index in [9.17, 15) is 26.3 Å². The lowest BCUT2D eigenvalue weighted by atomic mass is 10.1. The predicted molar refractivity (Wildman–Crippen MR) is 118 cm³/mol. The summed E-state index contributed by atoms with van der Waals surface area (Å²) in [6.07, 6.45) is -4.28. The van der Waals surface area contributed by atoms with Crippen molar-refractivity contribution in [1.29, 1.82) is 0 Å². The van der Waals surface area contributed by atoms with Crippen LogP contribution in [0.3, 0.4) is 0 Å². The van der Waals surface area contributed by atoms with Crippen LogP contribution in [-0.2, 0) is 18.1 Å². The molecule has 0 N–H and O–H groups in total. The maximum Gasteiger partial charge on any atom is 0.433 e. The minimum Gasteiger partial charge on any atom is -0.265 e. The Morgan fingerprint density at radius 1 is 0.853 bits per heavy atom. The van der Waals surface area contributed by atoms with Crippen molar-refractivity contribution in [3.63, 3.8) is 0 Å². The molecule has 0 aliphatic rings. The van der Waals surface area contributed by atoms with E-state index in [0.29, 0.717) is 9.90 Å². The number of thiazole rings is 1. The van der Waals surface area contributed by atoms with Gasteiger partial charge in [-0.2, -0.15) is 26.3 Å². The fraction of sp³-hybridized carbons (Fsp3) is 0.143. The molecule has 4 aromatic rings. The van der Waals surface area contributed by atoms with Gasteiger partial charge in [0.05, 0.1) is 10.4 Å². The molecular weight excluding hydrogens is 518 g/mol. The van der Waals surface area contributed by atoms with Gasteiger partial charge in [0.25, 0.3) is 0 Å². The Kier molecular flexibility index (Phi) is 7.14. The summed E-state index contributed by atoms with van der Waals surface area (Å²) in [5, 5.41) is -0.0731. The highest BCUT2D eigenvalue weighted by Crippen LogP contribution is 2.38. The molecule has 3 aromatic heterocycles. The van der Waals surface area contributed by atoms with Crippen LogP contribution in [-0.4, -0.2) is 19.9 Å². The molecule has 176 valence electrons. The summed E-state index contributed by atoms with van der Waals surface area (Å²) in [5.74, 6) is 0.104. The molecule has 0 saturated carbocycles. The van der Waals surface area contributed by atoms with Gasteiger partial charge in [0.2, 0.25) is 0 Å². The van der Waals surface area contributed by atoms with Crippen LogP contribution in [0.2, 0.25) is 0 Å². The van der Waals surface area contributed by atoms with Gasteiger partial charge in [-0.3, -0.25) is 4.98 Å². The van der Waals surface area contributed by atoms with E-state index >= 15 is 0 Å². The second-order valence-electron chi connectivity index (χ2n) is 6.68. The molecule has 0 aliphatic heterocycles. The largest absolute Gasteiger partial charge is 0.433 e. The first-order valence-electron chi connectivity index (χ1n) is 9.37. The lowest BCUT2D eigenvalue weighted by molar-refractivity contribution is -0.142. The van der Waals surface area contributed by atoms with E-state index in [2.05, 4.69) is 19.9 Å². The molecule has 0 fully saturated rings. The van der Waals surface area contributed by atoms with Gasteiger partial charge in [0.1, 0.15) is 10.7 Å². The van der Waals surface area contributed by atoms with E-state index in [4.69, 9.17) is 0 Å². The van der Waals surface area contributed by atoms with Crippen molar-refractivity contribution in [2.24, 2.45) is 0 Å². The molecule has 0 unspecified atom stereocenters. The van der Waals surface area contributed by atoms with Gasteiger partial charge in [-0.1, -0.05) is 23.9 Å². The second kappa shape index (κ2) is 9.92. The predicted octanol–water partition coefficient (Wildman–Crippen LogP) is 7.48. The number of rotatable bonds is 6. The number of nitrogens with zero attached hydrogens (tertiary/aromatic N) is 4. The molecule has 34 heavy (non-hydrogen) atoms. The molecule has 0 amide bonds. The van der Waals surface area contributed by atoms with Crippen LogP contribution in [0.1, 0.15) is 16.8 Å². The Morgan fingerprint density at radius 3 is 2.21 bits per heavy atom. The Hall–Kier alpha value is -2.64. The van der Waals surface area contributed by atoms with Gasteiger partial charge in [0.15, 0.2) is 9.50 Å². The van der Waals surface area contributed by atoms with Crippen molar-refractivity contribution in [3.05, 3.63) is 77.9 Å². The Labute approximate surface area is 201 Å². The van der Waals surface area contributed by atoms with Crippen molar-refractivity contribution >= 4 is 34.9 Å². The summed E-state index contributed by atoms with van der Waals surface area (Å²) in [7, 11) is 0. The molecule has 4 rings (SSSR count). The van der Waals surface area contributed by atoms with Crippen LogP contribution in [0.5, 0.6) is 0 Å². The molecular formula is C21H12F6N4S3. The minimum atomic E-state index is -4.69. The van der Waals surface area contributed by atoms with Gasteiger partial charge in [-0.25, -0.2) is 15.0 Å². The zero-order valence-electron chi connectivity index (χ0n) is 16.8. The second-order valence-corrected chi connectivity index (χ2v) is 9.92. The number of halogens is 6. The molecule has 3 heterocycles. The van der Waals surface area contributed by atoms with Gasteiger partial charge in [-0.15, -0.1) is 11.3 Å². The summed E-state index contributed by atoms with van der Waals surface area (Å²) in [4.78, 5) is 16.8. The van der Waals surface area contributed by atoms with E-state index in [1.54, 1.807) is 30.7 Å². The molecule has 0 aliphatic carbocycles. The van der Waals surface area contributed by atoms with E-state index in [-0.39, 0.29) is 15.9 Å². The van der Waals surface area contributed by atoms with Crippen molar-refractivity contribution in [3.8, 4) is 10.4 Å².